The van der Waals surface area contributed by atoms with Crippen LogP contribution in [0.4, 0.5) is 5.69 Å². The van der Waals surface area contributed by atoms with Gasteiger partial charge in [-0.3, -0.25) is 4.99 Å². The molecule has 0 aliphatic carbocycles. The molecule has 0 saturated heterocycles. The average Bonchev–Trinajstić information content (AvgIpc) is 2.90. The van der Waals surface area contributed by atoms with Crippen molar-refractivity contribution in [2.75, 3.05) is 0 Å². The molecule has 2 N–H and O–H groups in total. The minimum Gasteiger partial charge on any atom is -0.508 e. The van der Waals surface area contributed by atoms with Gasteiger partial charge in [0.15, 0.2) is 5.75 Å². The van der Waals surface area contributed by atoms with E-state index in [0.29, 0.717) is 29.0 Å². The zero-order valence-corrected chi connectivity index (χ0v) is 20.5. The first-order valence-electron chi connectivity index (χ1n) is 11.3. The Morgan fingerprint density at radius 3 is 1.89 bits per heavy atom. The molecule has 0 aliphatic heterocycles. The van der Waals surface area contributed by atoms with Gasteiger partial charge in [0.2, 0.25) is 0 Å². The van der Waals surface area contributed by atoms with Crippen molar-refractivity contribution in [3.8, 4) is 23.0 Å². The predicted octanol–water partition coefficient (Wildman–Crippen LogP) is 6.50. The highest BCUT2D eigenvalue weighted by molar-refractivity contribution is 6.32. The highest BCUT2D eigenvalue weighted by Gasteiger charge is 2.16. The van der Waals surface area contributed by atoms with Crippen LogP contribution >= 0.6 is 11.6 Å². The minimum atomic E-state index is -0.584. The number of esters is 2. The monoisotopic (exact) mass is 515 g/mol. The number of phenolic OH excluding ortho intramolecular Hbond substituents is 2. The maximum absolute atomic E-state index is 12.5. The first-order valence-corrected chi connectivity index (χ1v) is 11.7. The zero-order valence-electron chi connectivity index (χ0n) is 19.7. The lowest BCUT2D eigenvalue weighted by Gasteiger charge is -2.12. The average molecular weight is 516 g/mol. The number of carbonyl (C=O) groups excluding carboxylic acids is 2. The molecule has 37 heavy (non-hydrogen) atoms. The molecule has 0 amide bonds. The molecule has 0 aromatic heterocycles. The van der Waals surface area contributed by atoms with Gasteiger partial charge in [-0.15, -0.1) is 0 Å². The van der Waals surface area contributed by atoms with Crippen LogP contribution in [0.1, 0.15) is 38.8 Å². The van der Waals surface area contributed by atoms with Gasteiger partial charge in [-0.05, 0) is 102 Å². The van der Waals surface area contributed by atoms with Crippen molar-refractivity contribution in [3.05, 3.63) is 112 Å². The number of phenols is 2. The molecule has 4 aromatic rings. The molecule has 0 fully saturated rings. The second-order valence-electron chi connectivity index (χ2n) is 7.97. The van der Waals surface area contributed by atoms with Crippen LogP contribution < -0.4 is 9.47 Å². The van der Waals surface area contributed by atoms with Crippen LogP contribution in [0.2, 0.25) is 5.02 Å². The number of hydrogen-bond acceptors (Lipinski definition) is 7. The van der Waals surface area contributed by atoms with Crippen LogP contribution in [-0.2, 0) is 6.42 Å². The number of nitrogens with zero attached hydrogens (tertiary/aromatic N) is 1. The van der Waals surface area contributed by atoms with Crippen molar-refractivity contribution < 1.29 is 29.3 Å². The predicted molar refractivity (Wildman–Crippen MR) is 141 cm³/mol. The Labute approximate surface area is 218 Å². The van der Waals surface area contributed by atoms with Crippen molar-refractivity contribution in [3.63, 3.8) is 0 Å². The standard InChI is InChI=1S/C29H22ClNO6/c1-2-19-15-22(16-26(30)27(19)37-29(35)21-7-11-24(33)12-8-21)31-17-18-3-13-25(14-4-18)36-28(34)20-5-9-23(32)10-6-20/h3-17,32-33H,2H2,1H3/b31-17+. The molecule has 4 aromatic carbocycles. The molecule has 0 spiro atoms. The Bertz CT molecular complexity index is 1450. The third kappa shape index (κ3) is 6.54. The minimum absolute atomic E-state index is 0.0516. The fourth-order valence-corrected chi connectivity index (χ4v) is 3.64. The summed E-state index contributed by atoms with van der Waals surface area (Å²) < 4.78 is 10.9. The number of aryl methyl sites for hydroxylation is 1. The number of benzene rings is 4. The summed E-state index contributed by atoms with van der Waals surface area (Å²) in [4.78, 5) is 29.2. The van der Waals surface area contributed by atoms with Crippen LogP contribution in [0.15, 0.2) is 89.9 Å². The summed E-state index contributed by atoms with van der Waals surface area (Å²) in [7, 11) is 0. The van der Waals surface area contributed by atoms with Crippen molar-refractivity contribution >= 4 is 35.4 Å². The Morgan fingerprint density at radius 1 is 0.811 bits per heavy atom. The van der Waals surface area contributed by atoms with E-state index in [1.165, 1.54) is 48.5 Å². The molecule has 0 aliphatic rings. The van der Waals surface area contributed by atoms with E-state index in [1.54, 1.807) is 42.6 Å². The molecule has 8 heteroatoms. The number of aliphatic imine (C=N–C) groups is 1. The lowest BCUT2D eigenvalue weighted by molar-refractivity contribution is 0.0724. The van der Waals surface area contributed by atoms with E-state index in [-0.39, 0.29) is 27.8 Å². The topological polar surface area (TPSA) is 105 Å². The van der Waals surface area contributed by atoms with Crippen LogP contribution in [0.5, 0.6) is 23.0 Å². The van der Waals surface area contributed by atoms with Gasteiger partial charge in [0.1, 0.15) is 17.2 Å². The van der Waals surface area contributed by atoms with Crippen LogP contribution in [0.25, 0.3) is 0 Å². The highest BCUT2D eigenvalue weighted by atomic mass is 35.5. The number of carbonyl (C=O) groups is 2. The molecule has 186 valence electrons. The summed E-state index contributed by atoms with van der Waals surface area (Å²) in [5.74, 6) is -0.367. The van der Waals surface area contributed by atoms with Crippen molar-refractivity contribution in [1.29, 1.82) is 0 Å². The Hall–Kier alpha value is -4.62. The van der Waals surface area contributed by atoms with E-state index in [4.69, 9.17) is 21.1 Å². The van der Waals surface area contributed by atoms with Crippen molar-refractivity contribution in [2.45, 2.75) is 13.3 Å². The maximum atomic E-state index is 12.5. The third-order valence-corrected chi connectivity index (χ3v) is 5.62. The normalized spacial score (nSPS) is 10.9. The first-order chi connectivity index (χ1) is 17.8. The molecule has 7 nitrogen and oxygen atoms in total. The summed E-state index contributed by atoms with van der Waals surface area (Å²) in [6.45, 7) is 1.91. The summed E-state index contributed by atoms with van der Waals surface area (Å²) in [6.07, 6.45) is 2.20. The Balaban J connectivity index is 1.44. The summed E-state index contributed by atoms with van der Waals surface area (Å²) in [5, 5.41) is 19.0. The largest absolute Gasteiger partial charge is 0.508 e. The Kier molecular flexibility index (Phi) is 7.86. The lowest BCUT2D eigenvalue weighted by Crippen LogP contribution is -2.10. The van der Waals surface area contributed by atoms with Crippen LogP contribution in [-0.4, -0.2) is 28.4 Å². The Morgan fingerprint density at radius 2 is 1.35 bits per heavy atom. The molecule has 0 radical (unpaired) electrons. The summed E-state index contributed by atoms with van der Waals surface area (Å²) >= 11 is 6.43. The van der Waals surface area contributed by atoms with Gasteiger partial charge in [0.25, 0.3) is 0 Å². The van der Waals surface area contributed by atoms with Gasteiger partial charge in [-0.25, -0.2) is 9.59 Å². The molecule has 0 saturated carbocycles. The van der Waals surface area contributed by atoms with E-state index >= 15 is 0 Å². The fraction of sp³-hybridized carbons (Fsp3) is 0.0690. The molecule has 0 unspecified atom stereocenters. The van der Waals surface area contributed by atoms with Crippen LogP contribution in [0, 0.1) is 0 Å². The fourth-order valence-electron chi connectivity index (χ4n) is 3.37. The second-order valence-corrected chi connectivity index (χ2v) is 8.38. The SMILES string of the molecule is CCc1cc(/N=C/c2ccc(OC(=O)c3ccc(O)cc3)cc2)cc(Cl)c1OC(=O)c1ccc(O)cc1. The van der Waals surface area contributed by atoms with E-state index in [1.807, 2.05) is 6.92 Å². The van der Waals surface area contributed by atoms with Crippen LogP contribution in [0.3, 0.4) is 0 Å². The first kappa shape index (κ1) is 25.5. The van der Waals surface area contributed by atoms with Gasteiger partial charge in [0.05, 0.1) is 21.8 Å². The van der Waals surface area contributed by atoms with E-state index < -0.39 is 11.9 Å². The van der Waals surface area contributed by atoms with Gasteiger partial charge >= 0.3 is 11.9 Å². The quantitative estimate of drug-likeness (QED) is 0.165. The van der Waals surface area contributed by atoms with E-state index in [2.05, 4.69) is 4.99 Å². The third-order valence-electron chi connectivity index (χ3n) is 5.34. The number of aromatic hydroxyl groups is 2. The molecule has 0 heterocycles. The molecule has 4 rings (SSSR count). The highest BCUT2D eigenvalue weighted by Crippen LogP contribution is 2.35. The van der Waals surface area contributed by atoms with Gasteiger partial charge in [-0.2, -0.15) is 0 Å². The van der Waals surface area contributed by atoms with Crippen molar-refractivity contribution in [1.82, 2.24) is 0 Å². The lowest BCUT2D eigenvalue weighted by atomic mass is 10.1. The van der Waals surface area contributed by atoms with E-state index in [0.717, 1.165) is 5.56 Å². The number of halogens is 1. The van der Waals surface area contributed by atoms with Gasteiger partial charge < -0.3 is 19.7 Å². The number of hydrogen-bond donors (Lipinski definition) is 2. The molecular formula is C29H22ClNO6. The van der Waals surface area contributed by atoms with Gasteiger partial charge in [-0.1, -0.05) is 18.5 Å². The second kappa shape index (κ2) is 11.4. The number of rotatable bonds is 7. The zero-order chi connectivity index (χ0) is 26.4. The van der Waals surface area contributed by atoms with Gasteiger partial charge in [0, 0.05) is 6.21 Å². The van der Waals surface area contributed by atoms with Crippen molar-refractivity contribution in [2.24, 2.45) is 4.99 Å². The smallest absolute Gasteiger partial charge is 0.343 e. The van der Waals surface area contributed by atoms with E-state index in [9.17, 15) is 19.8 Å². The molecular weight excluding hydrogens is 494 g/mol. The number of ether oxygens (including phenoxy) is 2. The summed E-state index contributed by atoms with van der Waals surface area (Å²) in [5.41, 5.74) is 2.67. The maximum Gasteiger partial charge on any atom is 0.343 e. The molecule has 0 bridgehead atoms. The summed E-state index contributed by atoms with van der Waals surface area (Å²) in [6, 6.07) is 21.7. The molecule has 0 atom stereocenters.